The number of hydrogen-bond donors (Lipinski definition) is 2. The molecule has 10 heteroatoms. The summed E-state index contributed by atoms with van der Waals surface area (Å²) in [5, 5.41) is 3.03. The lowest BCUT2D eigenvalue weighted by molar-refractivity contribution is 0.0956. The van der Waals surface area contributed by atoms with Crippen molar-refractivity contribution in [2.45, 2.75) is 44.1 Å². The van der Waals surface area contributed by atoms with Crippen LogP contribution in [0.25, 0.3) is 10.9 Å². The molecule has 0 bridgehead atoms. The highest BCUT2D eigenvalue weighted by Crippen LogP contribution is 2.33. The van der Waals surface area contributed by atoms with Crippen LogP contribution in [0.1, 0.15) is 60.0 Å². The Bertz CT molecular complexity index is 1310. The maximum atomic E-state index is 13.8. The molecule has 0 saturated carbocycles. The van der Waals surface area contributed by atoms with Crippen LogP contribution >= 0.6 is 0 Å². The van der Waals surface area contributed by atoms with E-state index >= 15 is 0 Å². The van der Waals surface area contributed by atoms with E-state index in [1.807, 2.05) is 23.1 Å². The quantitative estimate of drug-likeness (QED) is 0.562. The number of nitrogens with one attached hydrogen (secondary N) is 2. The van der Waals surface area contributed by atoms with Crippen molar-refractivity contribution >= 4 is 22.5 Å². The van der Waals surface area contributed by atoms with Gasteiger partial charge in [-0.15, -0.1) is 0 Å². The Morgan fingerprint density at radius 2 is 1.86 bits per heavy atom. The zero-order chi connectivity index (χ0) is 25.2. The summed E-state index contributed by atoms with van der Waals surface area (Å²) in [4.78, 5) is 40.5. The second-order valence-electron chi connectivity index (χ2n) is 9.50. The van der Waals surface area contributed by atoms with Crippen LogP contribution in [0.2, 0.25) is 0 Å². The zero-order valence-electron chi connectivity index (χ0n) is 20.2. The first kappa shape index (κ1) is 24.3. The Balaban J connectivity index is 1.27. The number of aromatic amines is 1. The van der Waals surface area contributed by atoms with E-state index in [0.29, 0.717) is 35.7 Å². The molecular formula is C26H30F2N6O2. The maximum absolute atomic E-state index is 13.8. The van der Waals surface area contributed by atoms with Crippen LogP contribution in [0.5, 0.6) is 0 Å². The summed E-state index contributed by atoms with van der Waals surface area (Å²) in [6.07, 6.45) is 0.907. The summed E-state index contributed by atoms with van der Waals surface area (Å²) in [6, 6.07) is 10.8. The maximum Gasteiger partial charge on any atom is 0.282 e. The summed E-state index contributed by atoms with van der Waals surface area (Å²) < 4.78 is 27.5. The fraction of sp³-hybridized carbons (Fsp3) is 0.462. The van der Waals surface area contributed by atoms with Gasteiger partial charge in [-0.25, -0.2) is 18.7 Å². The lowest BCUT2D eigenvalue weighted by Gasteiger charge is -2.43. The third kappa shape index (κ3) is 4.82. The molecule has 1 amide bonds. The van der Waals surface area contributed by atoms with Gasteiger partial charge in [0.05, 0.1) is 16.6 Å². The minimum absolute atomic E-state index is 0.00821. The Labute approximate surface area is 207 Å². The number of piperidine rings is 2. The van der Waals surface area contributed by atoms with E-state index in [4.69, 9.17) is 4.98 Å². The van der Waals surface area contributed by atoms with E-state index in [0.717, 1.165) is 44.6 Å². The number of rotatable bonds is 5. The van der Waals surface area contributed by atoms with Gasteiger partial charge < -0.3 is 15.2 Å². The summed E-state index contributed by atoms with van der Waals surface area (Å²) in [6.45, 7) is 3.06. The molecule has 0 spiro atoms. The number of amides is 1. The van der Waals surface area contributed by atoms with Gasteiger partial charge in [0.1, 0.15) is 17.2 Å². The number of fused-ring (bicyclic) bond motifs is 1. The fourth-order valence-electron chi connectivity index (χ4n) is 5.48. The van der Waals surface area contributed by atoms with E-state index in [1.165, 1.54) is 13.1 Å². The Morgan fingerprint density at radius 1 is 1.08 bits per heavy atom. The summed E-state index contributed by atoms with van der Waals surface area (Å²) in [7, 11) is 1.45. The van der Waals surface area contributed by atoms with Crippen LogP contribution in [0.3, 0.4) is 0 Å². The van der Waals surface area contributed by atoms with Crippen LogP contribution in [-0.4, -0.2) is 65.0 Å². The molecule has 4 heterocycles. The van der Waals surface area contributed by atoms with Crippen molar-refractivity contribution in [3.8, 4) is 0 Å². The van der Waals surface area contributed by atoms with E-state index < -0.39 is 12.3 Å². The number of H-pyrrole nitrogens is 1. The van der Waals surface area contributed by atoms with Crippen molar-refractivity contribution in [2.75, 3.05) is 38.1 Å². The summed E-state index contributed by atoms with van der Waals surface area (Å²) in [5.74, 6) is 0.412. The number of pyridine rings is 1. The number of hydrogen-bond acceptors (Lipinski definition) is 6. The van der Waals surface area contributed by atoms with Gasteiger partial charge in [0.15, 0.2) is 0 Å². The van der Waals surface area contributed by atoms with E-state index in [-0.39, 0.29) is 22.9 Å². The third-order valence-corrected chi connectivity index (χ3v) is 7.36. The monoisotopic (exact) mass is 496 g/mol. The van der Waals surface area contributed by atoms with Crippen molar-refractivity contribution in [3.63, 3.8) is 0 Å². The van der Waals surface area contributed by atoms with Gasteiger partial charge in [0.25, 0.3) is 17.9 Å². The first-order chi connectivity index (χ1) is 17.4. The normalized spacial score (nSPS) is 19.7. The molecule has 3 aromatic rings. The standard InChI is InChI=1S/C26H30F2N6O2/c1-29-26(36)20-8-9-21(22(30-20)23(27)28)33-13-10-17(11-14-33)34-12-4-5-16(15-34)24-31-19-7-3-2-6-18(19)25(35)32-24/h2-3,6-9,16-17,23H,4-5,10-15H2,1H3,(H,29,36)(H,31,32,35). The molecule has 1 unspecified atom stereocenters. The number of carbonyl (C=O) groups is 1. The van der Waals surface area contributed by atoms with Crippen molar-refractivity contribution in [3.05, 3.63) is 64.0 Å². The van der Waals surface area contributed by atoms with Crippen LogP contribution in [0.15, 0.2) is 41.2 Å². The molecule has 1 aromatic carbocycles. The minimum atomic E-state index is -2.76. The van der Waals surface area contributed by atoms with E-state index in [9.17, 15) is 18.4 Å². The smallest absolute Gasteiger partial charge is 0.282 e. The van der Waals surface area contributed by atoms with Crippen molar-refractivity contribution in [1.82, 2.24) is 25.2 Å². The average Bonchev–Trinajstić information content (AvgIpc) is 2.92. The predicted octanol–water partition coefficient (Wildman–Crippen LogP) is 3.46. The second-order valence-corrected chi connectivity index (χ2v) is 9.50. The highest BCUT2D eigenvalue weighted by molar-refractivity contribution is 5.92. The predicted molar refractivity (Wildman–Crippen MR) is 134 cm³/mol. The number of carbonyl (C=O) groups excluding carboxylic acids is 1. The lowest BCUT2D eigenvalue weighted by Crippen LogP contribution is -2.48. The molecule has 36 heavy (non-hydrogen) atoms. The molecule has 5 rings (SSSR count). The Morgan fingerprint density at radius 3 is 2.61 bits per heavy atom. The molecular weight excluding hydrogens is 466 g/mol. The number of alkyl halides is 2. The third-order valence-electron chi connectivity index (χ3n) is 7.36. The van der Waals surface area contributed by atoms with Gasteiger partial charge in [0, 0.05) is 38.6 Å². The zero-order valence-corrected chi connectivity index (χ0v) is 20.2. The number of anilines is 1. The highest BCUT2D eigenvalue weighted by atomic mass is 19.3. The molecule has 8 nitrogen and oxygen atoms in total. The lowest BCUT2D eigenvalue weighted by atomic mass is 9.93. The SMILES string of the molecule is CNC(=O)c1ccc(N2CCC(N3CCCC(c4nc5ccccc5c(=O)[nH]4)C3)CC2)c(C(F)F)n1. The van der Waals surface area contributed by atoms with Crippen LogP contribution in [0.4, 0.5) is 14.5 Å². The average molecular weight is 497 g/mol. The van der Waals surface area contributed by atoms with Crippen LogP contribution in [-0.2, 0) is 0 Å². The molecule has 2 aliphatic heterocycles. The van der Waals surface area contributed by atoms with Gasteiger partial charge in [-0.3, -0.25) is 14.5 Å². The Hall–Kier alpha value is -3.40. The van der Waals surface area contributed by atoms with Gasteiger partial charge in [-0.05, 0) is 56.5 Å². The molecule has 2 fully saturated rings. The number of likely N-dealkylation sites (tertiary alicyclic amines) is 1. The number of para-hydroxylation sites is 1. The van der Waals surface area contributed by atoms with Crippen molar-refractivity contribution < 1.29 is 13.6 Å². The van der Waals surface area contributed by atoms with Crippen molar-refractivity contribution in [2.24, 2.45) is 0 Å². The number of benzene rings is 1. The summed E-state index contributed by atoms with van der Waals surface area (Å²) >= 11 is 0. The topological polar surface area (TPSA) is 94.2 Å². The first-order valence-corrected chi connectivity index (χ1v) is 12.4. The number of halogens is 2. The number of nitrogens with zero attached hydrogens (tertiary/aromatic N) is 4. The van der Waals surface area contributed by atoms with Crippen LogP contribution < -0.4 is 15.8 Å². The molecule has 0 radical (unpaired) electrons. The molecule has 2 aliphatic rings. The molecule has 2 saturated heterocycles. The molecule has 2 aromatic heterocycles. The molecule has 190 valence electrons. The second kappa shape index (κ2) is 10.3. The fourth-order valence-corrected chi connectivity index (χ4v) is 5.48. The van der Waals surface area contributed by atoms with Crippen LogP contribution in [0, 0.1) is 0 Å². The Kier molecular flexibility index (Phi) is 6.95. The molecule has 2 N–H and O–H groups in total. The molecule has 0 aliphatic carbocycles. The largest absolute Gasteiger partial charge is 0.370 e. The van der Waals surface area contributed by atoms with Gasteiger partial charge in [-0.1, -0.05) is 12.1 Å². The summed E-state index contributed by atoms with van der Waals surface area (Å²) in [5.41, 5.74) is 0.648. The van der Waals surface area contributed by atoms with Crippen molar-refractivity contribution in [1.29, 1.82) is 0 Å². The molecule has 1 atom stereocenters. The number of aromatic nitrogens is 3. The van der Waals surface area contributed by atoms with E-state index in [1.54, 1.807) is 12.1 Å². The van der Waals surface area contributed by atoms with Gasteiger partial charge in [0.2, 0.25) is 0 Å². The minimum Gasteiger partial charge on any atom is -0.370 e. The van der Waals surface area contributed by atoms with Gasteiger partial charge >= 0.3 is 0 Å². The first-order valence-electron chi connectivity index (χ1n) is 12.4. The van der Waals surface area contributed by atoms with Gasteiger partial charge in [-0.2, -0.15) is 0 Å². The highest BCUT2D eigenvalue weighted by Gasteiger charge is 2.32. The van der Waals surface area contributed by atoms with E-state index in [2.05, 4.69) is 20.2 Å².